The molecule has 0 amide bonds. The van der Waals surface area contributed by atoms with Crippen molar-refractivity contribution in [3.05, 3.63) is 28.8 Å². The molecule has 0 spiro atoms. The minimum atomic E-state index is 0.242. The lowest BCUT2D eigenvalue weighted by molar-refractivity contribution is 0.112. The van der Waals surface area contributed by atoms with Gasteiger partial charge in [0.15, 0.2) is 0 Å². The molecule has 0 saturated carbocycles. The molecule has 0 aromatic heterocycles. The van der Waals surface area contributed by atoms with E-state index in [1.54, 1.807) is 0 Å². The van der Waals surface area contributed by atoms with E-state index >= 15 is 0 Å². The minimum Gasteiger partial charge on any atom is -0.493 e. The van der Waals surface area contributed by atoms with E-state index < -0.39 is 0 Å². The molecule has 0 aliphatic carbocycles. The molecule has 3 nitrogen and oxygen atoms in total. The van der Waals surface area contributed by atoms with Gasteiger partial charge >= 0.3 is 0 Å². The molecule has 0 saturated heterocycles. The normalized spacial score (nSPS) is 10.3. The molecule has 0 bridgehead atoms. The molecule has 0 aliphatic rings. The third kappa shape index (κ3) is 4.19. The second kappa shape index (κ2) is 7.07. The van der Waals surface area contributed by atoms with Crippen LogP contribution in [0.3, 0.4) is 0 Å². The molecule has 1 aromatic carbocycles. The second-order valence-corrected chi connectivity index (χ2v) is 4.23. The number of unbranched alkanes of at least 4 members (excludes halogenated alkanes) is 2. The monoisotopic (exact) mass is 236 g/mol. The Kier molecular flexibility index (Phi) is 5.70. The number of aldehydes is 1. The summed E-state index contributed by atoms with van der Waals surface area (Å²) in [6, 6.07) is 3.67. The van der Waals surface area contributed by atoms with Gasteiger partial charge in [-0.1, -0.05) is 0 Å². The summed E-state index contributed by atoms with van der Waals surface area (Å²) in [6.07, 6.45) is 3.59. The predicted octanol–water partition coefficient (Wildman–Crippen LogP) is 2.66. The highest BCUT2D eigenvalue weighted by molar-refractivity contribution is 5.76. The Morgan fingerprint density at radius 1 is 1.18 bits per heavy atom. The van der Waals surface area contributed by atoms with Crippen LogP contribution in [0.1, 0.15) is 40.7 Å². The standard InChI is InChI=1S/C14H20O3/c1-11-8-13(10-16)9-12(2)14(11)17-7-5-3-4-6-15/h8-10,15H,3-7H2,1-2H3. The van der Waals surface area contributed by atoms with Crippen molar-refractivity contribution in [2.24, 2.45) is 0 Å². The zero-order valence-electron chi connectivity index (χ0n) is 10.5. The van der Waals surface area contributed by atoms with Gasteiger partial charge in [-0.3, -0.25) is 4.79 Å². The number of aryl methyl sites for hydroxylation is 2. The fourth-order valence-electron chi connectivity index (χ4n) is 1.84. The van der Waals surface area contributed by atoms with Crippen LogP contribution in [0, 0.1) is 13.8 Å². The van der Waals surface area contributed by atoms with Crippen molar-refractivity contribution in [3.63, 3.8) is 0 Å². The second-order valence-electron chi connectivity index (χ2n) is 4.23. The lowest BCUT2D eigenvalue weighted by atomic mass is 10.1. The summed E-state index contributed by atoms with van der Waals surface area (Å²) in [4.78, 5) is 10.7. The summed E-state index contributed by atoms with van der Waals surface area (Å²) in [7, 11) is 0. The molecule has 17 heavy (non-hydrogen) atoms. The van der Waals surface area contributed by atoms with Crippen molar-refractivity contribution < 1.29 is 14.6 Å². The SMILES string of the molecule is Cc1cc(C=O)cc(C)c1OCCCCCO. The van der Waals surface area contributed by atoms with Gasteiger partial charge in [-0.2, -0.15) is 0 Å². The topological polar surface area (TPSA) is 46.5 Å². The van der Waals surface area contributed by atoms with Gasteiger partial charge in [-0.15, -0.1) is 0 Å². The first-order valence-corrected chi connectivity index (χ1v) is 5.99. The fourth-order valence-corrected chi connectivity index (χ4v) is 1.84. The van der Waals surface area contributed by atoms with E-state index in [4.69, 9.17) is 9.84 Å². The van der Waals surface area contributed by atoms with Crippen LogP contribution >= 0.6 is 0 Å². The Morgan fingerprint density at radius 3 is 2.35 bits per heavy atom. The van der Waals surface area contributed by atoms with Crippen LogP contribution in [0.25, 0.3) is 0 Å². The van der Waals surface area contributed by atoms with Gasteiger partial charge < -0.3 is 9.84 Å². The molecule has 94 valence electrons. The highest BCUT2D eigenvalue weighted by Gasteiger charge is 2.05. The van der Waals surface area contributed by atoms with Gasteiger partial charge in [0, 0.05) is 12.2 Å². The van der Waals surface area contributed by atoms with Crippen LogP contribution in [0.4, 0.5) is 0 Å². The van der Waals surface area contributed by atoms with E-state index in [9.17, 15) is 4.79 Å². The summed E-state index contributed by atoms with van der Waals surface area (Å²) in [6.45, 7) is 4.79. The highest BCUT2D eigenvalue weighted by atomic mass is 16.5. The molecular formula is C14H20O3. The smallest absolute Gasteiger partial charge is 0.150 e. The third-order valence-corrected chi connectivity index (χ3v) is 2.67. The van der Waals surface area contributed by atoms with Crippen molar-refractivity contribution in [1.82, 2.24) is 0 Å². The van der Waals surface area contributed by atoms with Crippen molar-refractivity contribution in [3.8, 4) is 5.75 Å². The summed E-state index contributed by atoms with van der Waals surface area (Å²) in [5.74, 6) is 0.875. The number of hydrogen-bond donors (Lipinski definition) is 1. The Hall–Kier alpha value is -1.35. The molecule has 1 aromatic rings. The van der Waals surface area contributed by atoms with Crippen molar-refractivity contribution >= 4 is 6.29 Å². The molecule has 0 fully saturated rings. The molecule has 0 heterocycles. The number of hydrogen-bond acceptors (Lipinski definition) is 3. The summed E-state index contributed by atoms with van der Waals surface area (Å²) in [5, 5.41) is 8.65. The van der Waals surface area contributed by atoms with Crippen LogP contribution < -0.4 is 4.74 Å². The number of rotatable bonds is 7. The van der Waals surface area contributed by atoms with Crippen molar-refractivity contribution in [2.45, 2.75) is 33.1 Å². The number of benzene rings is 1. The predicted molar refractivity (Wildman–Crippen MR) is 67.7 cm³/mol. The Labute approximate surface area is 102 Å². The van der Waals surface area contributed by atoms with Crippen LogP contribution in [-0.4, -0.2) is 24.6 Å². The van der Waals surface area contributed by atoms with E-state index in [-0.39, 0.29) is 6.61 Å². The molecule has 0 unspecified atom stereocenters. The first kappa shape index (κ1) is 13.7. The van der Waals surface area contributed by atoms with Gasteiger partial charge in [0.05, 0.1) is 6.61 Å². The van der Waals surface area contributed by atoms with E-state index in [1.807, 2.05) is 26.0 Å². The third-order valence-electron chi connectivity index (χ3n) is 2.67. The number of aliphatic hydroxyl groups excluding tert-OH is 1. The van der Waals surface area contributed by atoms with E-state index in [0.717, 1.165) is 42.4 Å². The molecule has 3 heteroatoms. The van der Waals surface area contributed by atoms with Crippen LogP contribution in [0.2, 0.25) is 0 Å². The molecule has 0 aliphatic heterocycles. The maximum absolute atomic E-state index is 10.7. The van der Waals surface area contributed by atoms with E-state index in [0.29, 0.717) is 12.2 Å². The van der Waals surface area contributed by atoms with E-state index in [2.05, 4.69) is 0 Å². The maximum atomic E-state index is 10.7. The average Bonchev–Trinajstić information content (AvgIpc) is 2.31. The fraction of sp³-hybridized carbons (Fsp3) is 0.500. The average molecular weight is 236 g/mol. The first-order chi connectivity index (χ1) is 8.19. The number of carbonyl (C=O) groups excluding carboxylic acids is 1. The van der Waals surface area contributed by atoms with Crippen LogP contribution in [0.15, 0.2) is 12.1 Å². The van der Waals surface area contributed by atoms with E-state index in [1.165, 1.54) is 0 Å². The Morgan fingerprint density at radius 2 is 1.82 bits per heavy atom. The molecule has 0 atom stereocenters. The molecule has 1 N–H and O–H groups in total. The lowest BCUT2D eigenvalue weighted by Crippen LogP contribution is -2.02. The van der Waals surface area contributed by atoms with Gasteiger partial charge in [0.2, 0.25) is 0 Å². The highest BCUT2D eigenvalue weighted by Crippen LogP contribution is 2.24. The first-order valence-electron chi connectivity index (χ1n) is 5.99. The number of carbonyl (C=O) groups is 1. The van der Waals surface area contributed by atoms with Gasteiger partial charge in [0.25, 0.3) is 0 Å². The van der Waals surface area contributed by atoms with Crippen LogP contribution in [-0.2, 0) is 0 Å². The minimum absolute atomic E-state index is 0.242. The molecule has 0 radical (unpaired) electrons. The quantitative estimate of drug-likeness (QED) is 0.585. The summed E-state index contributed by atoms with van der Waals surface area (Å²) in [5.41, 5.74) is 2.68. The number of aliphatic hydroxyl groups is 1. The zero-order valence-corrected chi connectivity index (χ0v) is 10.5. The summed E-state index contributed by atoms with van der Waals surface area (Å²) >= 11 is 0. The van der Waals surface area contributed by atoms with Gasteiger partial charge in [-0.05, 0) is 56.4 Å². The molecular weight excluding hydrogens is 216 g/mol. The number of ether oxygens (including phenoxy) is 1. The van der Waals surface area contributed by atoms with Crippen LogP contribution in [0.5, 0.6) is 5.75 Å². The van der Waals surface area contributed by atoms with Gasteiger partial charge in [0.1, 0.15) is 12.0 Å². The van der Waals surface area contributed by atoms with Crippen molar-refractivity contribution in [1.29, 1.82) is 0 Å². The zero-order chi connectivity index (χ0) is 12.7. The Bertz CT molecular complexity index is 349. The summed E-state index contributed by atoms with van der Waals surface area (Å²) < 4.78 is 5.72. The maximum Gasteiger partial charge on any atom is 0.150 e. The largest absolute Gasteiger partial charge is 0.493 e. The lowest BCUT2D eigenvalue weighted by Gasteiger charge is -2.12. The van der Waals surface area contributed by atoms with Gasteiger partial charge in [-0.25, -0.2) is 0 Å². The Balaban J connectivity index is 2.56. The van der Waals surface area contributed by atoms with Crippen molar-refractivity contribution in [2.75, 3.05) is 13.2 Å². The molecule has 1 rings (SSSR count).